The Balaban J connectivity index is 3.09. The summed E-state index contributed by atoms with van der Waals surface area (Å²) >= 11 is 0. The van der Waals surface area contributed by atoms with Crippen molar-refractivity contribution in [1.29, 1.82) is 0 Å². The molecule has 0 radical (unpaired) electrons. The van der Waals surface area contributed by atoms with E-state index in [4.69, 9.17) is 24.7 Å². The standard InChI is InChI=1S/C17H25NO5/c1-5-14(23-17(18)19)9-13-11-15(20-3)12(7-8-22-6-2)10-16(13)21-4/h7-8,10-11,14H,5-6,9H2,1-4H3,(H2,18,19)/b8-7+. The van der Waals surface area contributed by atoms with Crippen LogP contribution in [0.5, 0.6) is 11.5 Å². The third kappa shape index (κ3) is 5.73. The summed E-state index contributed by atoms with van der Waals surface area (Å²) in [4.78, 5) is 11.0. The van der Waals surface area contributed by atoms with Crippen LogP contribution in [0.3, 0.4) is 0 Å². The Kier molecular flexibility index (Phi) is 7.80. The molecule has 0 spiro atoms. The quantitative estimate of drug-likeness (QED) is 0.706. The average molecular weight is 323 g/mol. The highest BCUT2D eigenvalue weighted by atomic mass is 16.6. The van der Waals surface area contributed by atoms with Gasteiger partial charge >= 0.3 is 6.09 Å². The minimum atomic E-state index is -0.779. The van der Waals surface area contributed by atoms with E-state index in [0.717, 1.165) is 11.1 Å². The fraction of sp³-hybridized carbons (Fsp3) is 0.471. The highest BCUT2D eigenvalue weighted by Crippen LogP contribution is 2.31. The molecule has 6 heteroatoms. The largest absolute Gasteiger partial charge is 0.501 e. The first-order valence-corrected chi connectivity index (χ1v) is 7.54. The Bertz CT molecular complexity index is 542. The summed E-state index contributed by atoms with van der Waals surface area (Å²) in [5.74, 6) is 1.37. The number of carbonyl (C=O) groups is 1. The molecule has 0 aliphatic carbocycles. The fourth-order valence-corrected chi connectivity index (χ4v) is 2.17. The molecule has 0 aliphatic rings. The Morgan fingerprint density at radius 1 is 1.22 bits per heavy atom. The highest BCUT2D eigenvalue weighted by Gasteiger charge is 2.16. The van der Waals surface area contributed by atoms with Crippen LogP contribution in [0.1, 0.15) is 31.4 Å². The second-order valence-corrected chi connectivity index (χ2v) is 4.84. The fourth-order valence-electron chi connectivity index (χ4n) is 2.17. The van der Waals surface area contributed by atoms with Crippen LogP contribution in [0, 0.1) is 0 Å². The van der Waals surface area contributed by atoms with E-state index in [0.29, 0.717) is 30.9 Å². The van der Waals surface area contributed by atoms with Gasteiger partial charge in [-0.05, 0) is 31.6 Å². The monoisotopic (exact) mass is 323 g/mol. The molecule has 0 heterocycles. The van der Waals surface area contributed by atoms with Crippen LogP contribution in [-0.2, 0) is 15.9 Å². The first-order valence-electron chi connectivity index (χ1n) is 7.54. The van der Waals surface area contributed by atoms with Gasteiger partial charge in [0, 0.05) is 17.5 Å². The predicted molar refractivity (Wildman–Crippen MR) is 88.7 cm³/mol. The van der Waals surface area contributed by atoms with Gasteiger partial charge in [0.25, 0.3) is 0 Å². The molecule has 2 N–H and O–H groups in total. The van der Waals surface area contributed by atoms with Crippen LogP contribution in [-0.4, -0.2) is 33.0 Å². The molecule has 0 aromatic heterocycles. The summed E-state index contributed by atoms with van der Waals surface area (Å²) in [6, 6.07) is 3.73. The predicted octanol–water partition coefficient (Wildman–Crippen LogP) is 3.13. The van der Waals surface area contributed by atoms with Crippen molar-refractivity contribution in [3.63, 3.8) is 0 Å². The number of methoxy groups -OCH3 is 2. The van der Waals surface area contributed by atoms with Crippen molar-refractivity contribution in [3.05, 3.63) is 29.5 Å². The van der Waals surface area contributed by atoms with Crippen LogP contribution in [0.25, 0.3) is 6.08 Å². The van der Waals surface area contributed by atoms with Gasteiger partial charge in [-0.3, -0.25) is 0 Å². The summed E-state index contributed by atoms with van der Waals surface area (Å²) < 4.78 is 21.2. The Morgan fingerprint density at radius 3 is 2.43 bits per heavy atom. The van der Waals surface area contributed by atoms with Gasteiger partial charge in [0.05, 0.1) is 27.1 Å². The van der Waals surface area contributed by atoms with Crippen LogP contribution in [0.4, 0.5) is 4.79 Å². The summed E-state index contributed by atoms with van der Waals surface area (Å²) in [5, 5.41) is 0. The van der Waals surface area contributed by atoms with Gasteiger partial charge in [0.15, 0.2) is 0 Å². The molecule has 1 unspecified atom stereocenters. The van der Waals surface area contributed by atoms with Gasteiger partial charge < -0.3 is 24.7 Å². The third-order valence-corrected chi connectivity index (χ3v) is 3.33. The summed E-state index contributed by atoms with van der Waals surface area (Å²) in [7, 11) is 3.19. The van der Waals surface area contributed by atoms with Crippen molar-refractivity contribution in [3.8, 4) is 11.5 Å². The number of hydrogen-bond acceptors (Lipinski definition) is 5. The zero-order valence-electron chi connectivity index (χ0n) is 14.1. The van der Waals surface area contributed by atoms with Crippen LogP contribution in [0.2, 0.25) is 0 Å². The van der Waals surface area contributed by atoms with E-state index in [1.807, 2.05) is 32.1 Å². The molecule has 1 amide bonds. The molecule has 0 saturated heterocycles. The number of ether oxygens (including phenoxy) is 4. The first-order chi connectivity index (χ1) is 11.0. The summed E-state index contributed by atoms with van der Waals surface area (Å²) in [6.45, 7) is 4.43. The molecule has 0 aliphatic heterocycles. The van der Waals surface area contributed by atoms with Gasteiger partial charge in [-0.2, -0.15) is 0 Å². The van der Waals surface area contributed by atoms with Crippen LogP contribution in [0.15, 0.2) is 18.4 Å². The third-order valence-electron chi connectivity index (χ3n) is 3.33. The molecular weight excluding hydrogens is 298 g/mol. The van der Waals surface area contributed by atoms with E-state index in [1.165, 1.54) is 0 Å². The Hall–Kier alpha value is -2.37. The van der Waals surface area contributed by atoms with E-state index in [1.54, 1.807) is 20.5 Å². The number of amides is 1. The van der Waals surface area contributed by atoms with Gasteiger partial charge in [-0.15, -0.1) is 0 Å². The normalized spacial score (nSPS) is 12.0. The van der Waals surface area contributed by atoms with Crippen molar-refractivity contribution in [1.82, 2.24) is 0 Å². The maximum atomic E-state index is 11.0. The van der Waals surface area contributed by atoms with Gasteiger partial charge in [-0.25, -0.2) is 4.79 Å². The van der Waals surface area contributed by atoms with Gasteiger partial charge in [0.2, 0.25) is 0 Å². The van der Waals surface area contributed by atoms with Crippen molar-refractivity contribution in [2.24, 2.45) is 5.73 Å². The van der Waals surface area contributed by atoms with E-state index in [2.05, 4.69) is 0 Å². The van der Waals surface area contributed by atoms with Crippen molar-refractivity contribution < 1.29 is 23.7 Å². The molecule has 6 nitrogen and oxygen atoms in total. The van der Waals surface area contributed by atoms with Gasteiger partial charge in [-0.1, -0.05) is 6.92 Å². The lowest BCUT2D eigenvalue weighted by Crippen LogP contribution is -2.24. The molecule has 0 saturated carbocycles. The van der Waals surface area contributed by atoms with E-state index >= 15 is 0 Å². The molecule has 1 aromatic rings. The van der Waals surface area contributed by atoms with E-state index in [9.17, 15) is 4.79 Å². The lowest BCUT2D eigenvalue weighted by molar-refractivity contribution is 0.104. The number of carbonyl (C=O) groups excluding carboxylic acids is 1. The average Bonchev–Trinajstić information content (AvgIpc) is 2.54. The number of hydrogen-bond donors (Lipinski definition) is 1. The second kappa shape index (κ2) is 9.61. The minimum Gasteiger partial charge on any atom is -0.501 e. The summed E-state index contributed by atoms with van der Waals surface area (Å²) in [6.07, 6.45) is 3.48. The lowest BCUT2D eigenvalue weighted by atomic mass is 10.0. The maximum Gasteiger partial charge on any atom is 0.404 e. The first kappa shape index (κ1) is 18.7. The summed E-state index contributed by atoms with van der Waals surface area (Å²) in [5.41, 5.74) is 6.82. The van der Waals surface area contributed by atoms with Crippen molar-refractivity contribution in [2.45, 2.75) is 32.8 Å². The molecular formula is C17H25NO5. The lowest BCUT2D eigenvalue weighted by Gasteiger charge is -2.18. The smallest absolute Gasteiger partial charge is 0.404 e. The number of primary amides is 1. The van der Waals surface area contributed by atoms with E-state index < -0.39 is 6.09 Å². The molecule has 1 atom stereocenters. The van der Waals surface area contributed by atoms with Crippen molar-refractivity contribution in [2.75, 3.05) is 20.8 Å². The van der Waals surface area contributed by atoms with Crippen LogP contribution >= 0.6 is 0 Å². The maximum absolute atomic E-state index is 11.0. The molecule has 1 aromatic carbocycles. The zero-order chi connectivity index (χ0) is 17.2. The molecule has 23 heavy (non-hydrogen) atoms. The van der Waals surface area contributed by atoms with Crippen LogP contribution < -0.4 is 15.2 Å². The second-order valence-electron chi connectivity index (χ2n) is 4.84. The highest BCUT2D eigenvalue weighted by molar-refractivity contribution is 5.65. The van der Waals surface area contributed by atoms with Crippen molar-refractivity contribution >= 4 is 12.2 Å². The minimum absolute atomic E-state index is 0.309. The Morgan fingerprint density at radius 2 is 1.91 bits per heavy atom. The number of nitrogens with two attached hydrogens (primary N) is 1. The molecule has 0 fully saturated rings. The molecule has 1 rings (SSSR count). The van der Waals surface area contributed by atoms with Gasteiger partial charge in [0.1, 0.15) is 17.6 Å². The van der Waals surface area contributed by atoms with E-state index in [-0.39, 0.29) is 6.10 Å². The SMILES string of the molecule is CCO/C=C/c1cc(OC)c(CC(CC)OC(N)=O)cc1OC. The molecule has 0 bridgehead atoms. The number of benzene rings is 1. The molecule has 128 valence electrons. The zero-order valence-corrected chi connectivity index (χ0v) is 14.1. The topological polar surface area (TPSA) is 80.0 Å². The Labute approximate surface area is 137 Å². The number of rotatable bonds is 9.